The van der Waals surface area contributed by atoms with Crippen LogP contribution in [0.5, 0.6) is 0 Å². The number of anilines is 2. The van der Waals surface area contributed by atoms with Crippen molar-refractivity contribution in [1.29, 1.82) is 0 Å². The van der Waals surface area contributed by atoms with Gasteiger partial charge >= 0.3 is 0 Å². The van der Waals surface area contributed by atoms with E-state index in [1.807, 2.05) is 23.1 Å². The second-order valence-corrected chi connectivity index (χ2v) is 8.29. The van der Waals surface area contributed by atoms with E-state index in [4.69, 9.17) is 0 Å². The Balaban J connectivity index is 0.00000259. The van der Waals surface area contributed by atoms with Gasteiger partial charge in [0, 0.05) is 60.9 Å². The Bertz CT molecular complexity index is 1300. The zero-order valence-electron chi connectivity index (χ0n) is 17.9. The fourth-order valence-electron chi connectivity index (χ4n) is 4.42. The molecule has 5 rings (SSSR count). The van der Waals surface area contributed by atoms with Gasteiger partial charge in [-0.15, -0.1) is 6.07 Å². The van der Waals surface area contributed by atoms with Crippen molar-refractivity contribution in [2.75, 3.05) is 22.9 Å². The molecule has 0 bridgehead atoms. The zero-order chi connectivity index (χ0) is 22.2. The van der Waals surface area contributed by atoms with E-state index >= 15 is 0 Å². The van der Waals surface area contributed by atoms with E-state index < -0.39 is 10.9 Å². The van der Waals surface area contributed by atoms with Gasteiger partial charge in [0.15, 0.2) is 0 Å². The predicted molar refractivity (Wildman–Crippen MR) is 121 cm³/mol. The molecule has 0 saturated carbocycles. The van der Waals surface area contributed by atoms with E-state index in [2.05, 4.69) is 17.4 Å². The first-order valence-electron chi connectivity index (χ1n) is 10.8. The predicted octanol–water partition coefficient (Wildman–Crippen LogP) is 1.70. The van der Waals surface area contributed by atoms with Crippen molar-refractivity contribution in [3.8, 4) is 0 Å². The summed E-state index contributed by atoms with van der Waals surface area (Å²) in [5, 5.41) is 2.95. The van der Waals surface area contributed by atoms with E-state index in [9.17, 15) is 19.2 Å². The number of rotatable bonds is 5. The first kappa shape index (κ1) is 23.0. The summed E-state index contributed by atoms with van der Waals surface area (Å²) in [6.45, 7) is 2.28. The summed E-state index contributed by atoms with van der Waals surface area (Å²) >= 11 is 0. The third kappa shape index (κ3) is 4.49. The van der Waals surface area contributed by atoms with E-state index in [1.54, 1.807) is 23.1 Å². The quantitative estimate of drug-likeness (QED) is 0.339. The van der Waals surface area contributed by atoms with E-state index in [0.717, 1.165) is 29.7 Å². The number of fused-ring (bicyclic) bond motifs is 1. The molecule has 0 spiro atoms. The normalized spacial score (nSPS) is 15.3. The van der Waals surface area contributed by atoms with Crippen molar-refractivity contribution in [3.63, 3.8) is 0 Å². The molecule has 1 saturated heterocycles. The van der Waals surface area contributed by atoms with E-state index in [0.29, 0.717) is 43.9 Å². The minimum atomic E-state index is -0.555. The fourth-order valence-corrected chi connectivity index (χ4v) is 4.42. The van der Waals surface area contributed by atoms with Gasteiger partial charge in [-0.1, -0.05) is 24.3 Å². The molecule has 3 aromatic rings. The fraction of sp³-hybridized carbons (Fsp3) is 0.280. The molecule has 33 heavy (non-hydrogen) atoms. The van der Waals surface area contributed by atoms with Crippen LogP contribution >= 0.6 is 0 Å². The molecule has 2 aliphatic heterocycles. The monoisotopic (exact) mass is 483 g/mol. The first-order valence-corrected chi connectivity index (χ1v) is 10.8. The molecule has 7 nitrogen and oxygen atoms in total. The number of hydrogen-bond donors (Lipinski definition) is 1. The molecule has 2 aliphatic rings. The van der Waals surface area contributed by atoms with Crippen LogP contribution in [0, 0.1) is 6.07 Å². The summed E-state index contributed by atoms with van der Waals surface area (Å²) in [4.78, 5) is 51.2. The van der Waals surface area contributed by atoms with E-state index in [-0.39, 0.29) is 28.9 Å². The molecule has 1 radical (unpaired) electrons. The number of nitrogens with one attached hydrogen (secondary N) is 1. The summed E-state index contributed by atoms with van der Waals surface area (Å²) < 4.78 is 0. The Labute approximate surface area is 201 Å². The summed E-state index contributed by atoms with van der Waals surface area (Å²) in [5.74, 6) is -0.108. The number of hydrogen-bond acceptors (Lipinski definition) is 5. The van der Waals surface area contributed by atoms with Crippen molar-refractivity contribution in [1.82, 2.24) is 5.32 Å². The van der Waals surface area contributed by atoms with E-state index in [1.165, 1.54) is 5.56 Å². The van der Waals surface area contributed by atoms with Crippen LogP contribution in [0.25, 0.3) is 0 Å². The molecule has 2 amide bonds. The Morgan fingerprint density at radius 2 is 1.85 bits per heavy atom. The topological polar surface area (TPSA) is 86.8 Å². The molecule has 0 aromatic heterocycles. The smallest absolute Gasteiger partial charge is 0.251 e. The van der Waals surface area contributed by atoms with Crippen molar-refractivity contribution >= 4 is 23.2 Å². The van der Waals surface area contributed by atoms with Crippen LogP contribution in [-0.2, 0) is 41.4 Å². The van der Waals surface area contributed by atoms with Crippen molar-refractivity contribution in [2.24, 2.45) is 0 Å². The maximum Gasteiger partial charge on any atom is 0.251 e. The van der Waals surface area contributed by atoms with Crippen molar-refractivity contribution in [3.05, 3.63) is 91.2 Å². The van der Waals surface area contributed by atoms with Crippen LogP contribution in [0.1, 0.15) is 39.9 Å². The van der Waals surface area contributed by atoms with Gasteiger partial charge in [-0.3, -0.25) is 9.59 Å². The molecule has 1 fully saturated rings. The Kier molecular flexibility index (Phi) is 6.49. The Morgan fingerprint density at radius 3 is 2.58 bits per heavy atom. The Hall–Kier alpha value is -3.22. The van der Waals surface area contributed by atoms with Gasteiger partial charge in [-0.2, -0.15) is 0 Å². The number of carbonyl (C=O) groups is 2. The third-order valence-electron chi connectivity index (χ3n) is 6.20. The maximum atomic E-state index is 12.7. The SMILES string of the molecule is O=C(NCc1ccc2c(c1)CN(c1[c-]c(=O)c1=O)CC2)c1cccc(N2CCCC2=O)c1.[Mn]. The number of amides is 2. The summed E-state index contributed by atoms with van der Waals surface area (Å²) in [6.07, 6.45) is 2.17. The van der Waals surface area contributed by atoms with Gasteiger partial charge in [0.1, 0.15) is 10.9 Å². The summed E-state index contributed by atoms with van der Waals surface area (Å²) in [5.41, 5.74) is 3.87. The molecular weight excluding hydrogens is 461 g/mol. The maximum absolute atomic E-state index is 12.7. The van der Waals surface area contributed by atoms with Gasteiger partial charge in [-0.25, -0.2) is 0 Å². The molecular formula is C25H22MnN3O4-. The van der Waals surface area contributed by atoms with Crippen LogP contribution in [0.4, 0.5) is 11.4 Å². The summed E-state index contributed by atoms with van der Waals surface area (Å²) in [6, 6.07) is 15.8. The van der Waals surface area contributed by atoms with Crippen LogP contribution in [0.3, 0.4) is 0 Å². The van der Waals surface area contributed by atoms with Gasteiger partial charge in [-0.05, 0) is 53.4 Å². The first-order chi connectivity index (χ1) is 15.5. The second kappa shape index (κ2) is 9.33. The largest absolute Gasteiger partial charge is 0.385 e. The molecule has 8 heteroatoms. The minimum absolute atomic E-state index is 0. The number of benzene rings is 2. The zero-order valence-corrected chi connectivity index (χ0v) is 19.1. The Morgan fingerprint density at radius 1 is 1.00 bits per heavy atom. The summed E-state index contributed by atoms with van der Waals surface area (Å²) in [7, 11) is 0. The standard InChI is InChI=1S/C25H22N3O4.Mn/c29-22-13-21(24(22)31)27-10-8-17-7-6-16(11-19(17)15-27)14-26-25(32)18-3-1-4-20(12-18)28-9-2-5-23(28)30;/h1,3-4,6-7,11-12H,2,5,8-10,14-15H2,(H,26,32);/q-1;. The molecule has 1 N–H and O–H groups in total. The molecule has 0 unspecified atom stereocenters. The second-order valence-electron chi connectivity index (χ2n) is 8.29. The van der Waals surface area contributed by atoms with Gasteiger partial charge < -0.3 is 24.7 Å². The van der Waals surface area contributed by atoms with Crippen LogP contribution < -0.4 is 26.0 Å². The number of carbonyl (C=O) groups excluding carboxylic acids is 2. The molecule has 0 atom stereocenters. The third-order valence-corrected chi connectivity index (χ3v) is 6.20. The molecule has 0 aliphatic carbocycles. The average molecular weight is 483 g/mol. The van der Waals surface area contributed by atoms with Crippen molar-refractivity contribution in [2.45, 2.75) is 32.4 Å². The molecule has 2 heterocycles. The number of nitrogens with zero attached hydrogens (tertiary/aromatic N) is 2. The van der Waals surface area contributed by atoms with Gasteiger partial charge in [0.25, 0.3) is 5.91 Å². The van der Waals surface area contributed by atoms with Crippen LogP contribution in [0.2, 0.25) is 0 Å². The minimum Gasteiger partial charge on any atom is -0.385 e. The van der Waals surface area contributed by atoms with Gasteiger partial charge in [0.2, 0.25) is 5.91 Å². The van der Waals surface area contributed by atoms with Crippen LogP contribution in [-0.4, -0.2) is 24.9 Å². The van der Waals surface area contributed by atoms with Crippen molar-refractivity contribution < 1.29 is 26.7 Å². The molecule has 169 valence electrons. The molecule has 3 aromatic carbocycles. The van der Waals surface area contributed by atoms with Crippen LogP contribution in [0.15, 0.2) is 52.1 Å². The average Bonchev–Trinajstić information content (AvgIpc) is 3.26. The van der Waals surface area contributed by atoms with Gasteiger partial charge in [0.05, 0.1) is 0 Å².